The standard InChI is InChI=1S/C14H16N2O3/c1-9-4-10(15)8-16-14(9)19-13-6-11(17-2)5-12(7-13)18-3/h4-8H,15H2,1-3H3. The van der Waals surface area contributed by atoms with E-state index in [1.165, 1.54) is 0 Å². The third-order valence-corrected chi connectivity index (χ3v) is 2.59. The molecule has 2 N–H and O–H groups in total. The second-order valence-corrected chi connectivity index (χ2v) is 4.04. The van der Waals surface area contributed by atoms with Gasteiger partial charge in [-0.3, -0.25) is 0 Å². The summed E-state index contributed by atoms with van der Waals surface area (Å²) in [6.07, 6.45) is 1.56. The van der Waals surface area contributed by atoms with Crippen molar-refractivity contribution in [2.24, 2.45) is 0 Å². The van der Waals surface area contributed by atoms with Gasteiger partial charge in [0.15, 0.2) is 0 Å². The number of hydrogen-bond donors (Lipinski definition) is 1. The average Bonchev–Trinajstić information content (AvgIpc) is 2.41. The number of nitrogen functional groups attached to an aromatic ring is 1. The highest BCUT2D eigenvalue weighted by atomic mass is 16.5. The van der Waals surface area contributed by atoms with Gasteiger partial charge in [0.1, 0.15) is 17.2 Å². The van der Waals surface area contributed by atoms with E-state index < -0.39 is 0 Å². The maximum absolute atomic E-state index is 5.72. The van der Waals surface area contributed by atoms with Gasteiger partial charge < -0.3 is 19.9 Å². The van der Waals surface area contributed by atoms with Gasteiger partial charge in [0.25, 0.3) is 0 Å². The molecule has 0 aliphatic carbocycles. The van der Waals surface area contributed by atoms with Gasteiger partial charge in [-0.1, -0.05) is 0 Å². The number of aryl methyl sites for hydroxylation is 1. The van der Waals surface area contributed by atoms with Crippen LogP contribution in [0.3, 0.4) is 0 Å². The SMILES string of the molecule is COc1cc(OC)cc(Oc2ncc(N)cc2C)c1. The van der Waals surface area contributed by atoms with Crippen molar-refractivity contribution >= 4 is 5.69 Å². The monoisotopic (exact) mass is 260 g/mol. The van der Waals surface area contributed by atoms with Crippen molar-refractivity contribution in [3.63, 3.8) is 0 Å². The number of methoxy groups -OCH3 is 2. The van der Waals surface area contributed by atoms with Crippen LogP contribution in [0.4, 0.5) is 5.69 Å². The number of nitrogens with zero attached hydrogens (tertiary/aromatic N) is 1. The molecule has 2 aromatic rings. The predicted molar refractivity (Wildman–Crippen MR) is 73.0 cm³/mol. The van der Waals surface area contributed by atoms with Gasteiger partial charge in [0.05, 0.1) is 26.1 Å². The van der Waals surface area contributed by atoms with Gasteiger partial charge in [-0.25, -0.2) is 4.98 Å². The van der Waals surface area contributed by atoms with Crippen molar-refractivity contribution in [3.8, 4) is 23.1 Å². The van der Waals surface area contributed by atoms with Crippen LogP contribution >= 0.6 is 0 Å². The van der Waals surface area contributed by atoms with Crippen LogP contribution in [0, 0.1) is 6.92 Å². The fourth-order valence-electron chi connectivity index (χ4n) is 1.64. The van der Waals surface area contributed by atoms with E-state index in [0.717, 1.165) is 5.56 Å². The Bertz CT molecular complexity index is 563. The molecule has 0 saturated heterocycles. The summed E-state index contributed by atoms with van der Waals surface area (Å²) in [7, 11) is 3.18. The maximum atomic E-state index is 5.72. The first kappa shape index (κ1) is 13.0. The molecule has 100 valence electrons. The van der Waals surface area contributed by atoms with Crippen molar-refractivity contribution in [2.75, 3.05) is 20.0 Å². The van der Waals surface area contributed by atoms with Gasteiger partial charge in [-0.2, -0.15) is 0 Å². The number of ether oxygens (including phenoxy) is 3. The maximum Gasteiger partial charge on any atom is 0.222 e. The summed E-state index contributed by atoms with van der Waals surface area (Å²) in [5.74, 6) is 2.41. The Kier molecular flexibility index (Phi) is 3.75. The summed E-state index contributed by atoms with van der Waals surface area (Å²) in [5, 5.41) is 0. The van der Waals surface area contributed by atoms with E-state index in [1.807, 2.05) is 6.92 Å². The van der Waals surface area contributed by atoms with Crippen LogP contribution in [-0.2, 0) is 0 Å². The molecule has 0 fully saturated rings. The second kappa shape index (κ2) is 5.48. The minimum atomic E-state index is 0.504. The minimum absolute atomic E-state index is 0.504. The van der Waals surface area contributed by atoms with Crippen molar-refractivity contribution < 1.29 is 14.2 Å². The van der Waals surface area contributed by atoms with Crippen molar-refractivity contribution in [1.29, 1.82) is 0 Å². The first-order valence-electron chi connectivity index (χ1n) is 5.75. The fraction of sp³-hybridized carbons (Fsp3) is 0.214. The van der Waals surface area contributed by atoms with Gasteiger partial charge in [0, 0.05) is 23.8 Å². The molecule has 0 aliphatic rings. The molecule has 0 bridgehead atoms. The third-order valence-electron chi connectivity index (χ3n) is 2.59. The molecular weight excluding hydrogens is 244 g/mol. The molecule has 1 heterocycles. The van der Waals surface area contributed by atoms with Crippen LogP contribution < -0.4 is 19.9 Å². The van der Waals surface area contributed by atoms with Gasteiger partial charge in [-0.05, 0) is 13.0 Å². The molecule has 19 heavy (non-hydrogen) atoms. The number of nitrogens with two attached hydrogens (primary N) is 1. The molecule has 0 atom stereocenters. The molecule has 5 heteroatoms. The van der Waals surface area contributed by atoms with Crippen molar-refractivity contribution in [2.45, 2.75) is 6.92 Å². The van der Waals surface area contributed by atoms with Crippen LogP contribution in [0.5, 0.6) is 23.1 Å². The Hall–Kier alpha value is -2.43. The summed E-state index contributed by atoms with van der Waals surface area (Å²) in [6.45, 7) is 1.89. The Morgan fingerprint density at radius 3 is 2.05 bits per heavy atom. The van der Waals surface area contributed by atoms with E-state index >= 15 is 0 Å². The molecule has 0 aliphatic heterocycles. The van der Waals surface area contributed by atoms with Crippen LogP contribution in [0.25, 0.3) is 0 Å². The van der Waals surface area contributed by atoms with E-state index in [9.17, 15) is 0 Å². The summed E-state index contributed by atoms with van der Waals surface area (Å²) < 4.78 is 16.1. The van der Waals surface area contributed by atoms with E-state index in [1.54, 1.807) is 44.7 Å². The Morgan fingerprint density at radius 2 is 1.53 bits per heavy atom. The van der Waals surface area contributed by atoms with E-state index in [2.05, 4.69) is 4.98 Å². The number of anilines is 1. The van der Waals surface area contributed by atoms with Gasteiger partial charge in [0.2, 0.25) is 5.88 Å². The van der Waals surface area contributed by atoms with Crippen molar-refractivity contribution in [3.05, 3.63) is 36.0 Å². The minimum Gasteiger partial charge on any atom is -0.496 e. The summed E-state index contributed by atoms with van der Waals surface area (Å²) in [4.78, 5) is 4.16. The quantitative estimate of drug-likeness (QED) is 0.915. The molecule has 5 nitrogen and oxygen atoms in total. The fourth-order valence-corrected chi connectivity index (χ4v) is 1.64. The zero-order valence-electron chi connectivity index (χ0n) is 11.1. The number of aromatic nitrogens is 1. The highest BCUT2D eigenvalue weighted by Gasteiger charge is 2.07. The van der Waals surface area contributed by atoms with Crippen LogP contribution in [-0.4, -0.2) is 19.2 Å². The second-order valence-electron chi connectivity index (χ2n) is 4.04. The lowest BCUT2D eigenvalue weighted by Gasteiger charge is -2.11. The molecule has 0 saturated carbocycles. The lowest BCUT2D eigenvalue weighted by Crippen LogP contribution is -1.95. The number of pyridine rings is 1. The van der Waals surface area contributed by atoms with Crippen LogP contribution in [0.15, 0.2) is 30.5 Å². The van der Waals surface area contributed by atoms with E-state index in [4.69, 9.17) is 19.9 Å². The zero-order valence-corrected chi connectivity index (χ0v) is 11.1. The Morgan fingerprint density at radius 1 is 0.947 bits per heavy atom. The Balaban J connectivity index is 2.31. The first-order valence-corrected chi connectivity index (χ1v) is 5.75. The lowest BCUT2D eigenvalue weighted by molar-refractivity contribution is 0.384. The van der Waals surface area contributed by atoms with E-state index in [0.29, 0.717) is 28.8 Å². The van der Waals surface area contributed by atoms with Gasteiger partial charge in [-0.15, -0.1) is 0 Å². The highest BCUT2D eigenvalue weighted by Crippen LogP contribution is 2.31. The van der Waals surface area contributed by atoms with Crippen molar-refractivity contribution in [1.82, 2.24) is 4.98 Å². The third kappa shape index (κ3) is 3.07. The lowest BCUT2D eigenvalue weighted by atomic mass is 10.2. The topological polar surface area (TPSA) is 66.6 Å². The molecule has 0 unspecified atom stereocenters. The van der Waals surface area contributed by atoms with E-state index in [-0.39, 0.29) is 0 Å². The molecule has 0 amide bonds. The number of hydrogen-bond acceptors (Lipinski definition) is 5. The first-order chi connectivity index (χ1) is 9.12. The highest BCUT2D eigenvalue weighted by molar-refractivity contribution is 5.46. The molecule has 1 aromatic carbocycles. The van der Waals surface area contributed by atoms with Crippen LogP contribution in [0.2, 0.25) is 0 Å². The number of rotatable bonds is 4. The zero-order chi connectivity index (χ0) is 13.8. The van der Waals surface area contributed by atoms with Gasteiger partial charge >= 0.3 is 0 Å². The molecule has 2 rings (SSSR count). The van der Waals surface area contributed by atoms with Crippen LogP contribution in [0.1, 0.15) is 5.56 Å². The molecular formula is C14H16N2O3. The summed E-state index contributed by atoms with van der Waals surface area (Å²) >= 11 is 0. The number of benzene rings is 1. The average molecular weight is 260 g/mol. The molecule has 0 spiro atoms. The summed E-state index contributed by atoms with van der Waals surface area (Å²) in [5.41, 5.74) is 7.12. The largest absolute Gasteiger partial charge is 0.496 e. The summed E-state index contributed by atoms with van der Waals surface area (Å²) in [6, 6.07) is 7.11. The normalized spacial score (nSPS) is 10.1. The molecule has 1 aromatic heterocycles. The Labute approximate surface area is 111 Å². The molecule has 0 radical (unpaired) electrons. The predicted octanol–water partition coefficient (Wildman–Crippen LogP) is 2.78. The smallest absolute Gasteiger partial charge is 0.222 e.